The Labute approximate surface area is 128 Å². The summed E-state index contributed by atoms with van der Waals surface area (Å²) in [7, 11) is 0. The van der Waals surface area contributed by atoms with E-state index < -0.39 is 16.4 Å². The molecule has 6 nitrogen and oxygen atoms in total. The van der Waals surface area contributed by atoms with Gasteiger partial charge in [-0.15, -0.1) is 0 Å². The first-order chi connectivity index (χ1) is 9.70. The maximum absolute atomic E-state index is 12.4. The van der Waals surface area contributed by atoms with Gasteiger partial charge in [-0.3, -0.25) is 14.9 Å². The molecule has 0 fully saturated rings. The van der Waals surface area contributed by atoms with Crippen molar-refractivity contribution in [3.63, 3.8) is 0 Å². The summed E-state index contributed by atoms with van der Waals surface area (Å²) >= 11 is 5.95. The quantitative estimate of drug-likeness (QED) is 0.623. The molecule has 0 radical (unpaired) electrons. The number of carbonyl (C=O) groups excluding carboxylic acids is 1. The first-order valence-corrected chi connectivity index (χ1v) is 7.03. The van der Waals surface area contributed by atoms with Crippen LogP contribution < -0.4 is 11.1 Å². The van der Waals surface area contributed by atoms with Crippen LogP contribution in [0.15, 0.2) is 18.2 Å². The molecule has 0 aliphatic heterocycles. The third kappa shape index (κ3) is 4.41. The highest BCUT2D eigenvalue weighted by Gasteiger charge is 2.30. The highest BCUT2D eigenvalue weighted by molar-refractivity contribution is 6.34. The second-order valence-corrected chi connectivity index (χ2v) is 6.12. The molecule has 0 saturated carbocycles. The number of nitro benzene ring substituents is 1. The third-order valence-corrected chi connectivity index (χ3v) is 3.45. The number of hydrogen-bond donors (Lipinski definition) is 2. The molecule has 0 aliphatic carbocycles. The number of carbonyl (C=O) groups is 1. The Hall–Kier alpha value is -1.66. The predicted octanol–water partition coefficient (Wildman–Crippen LogP) is 2.74. The lowest BCUT2D eigenvalue weighted by Gasteiger charge is -2.31. The van der Waals surface area contributed by atoms with Crippen LogP contribution in [0.2, 0.25) is 5.02 Å². The van der Waals surface area contributed by atoms with Crippen molar-refractivity contribution >= 4 is 23.2 Å². The van der Waals surface area contributed by atoms with Crippen LogP contribution in [0.5, 0.6) is 0 Å². The molecule has 7 heteroatoms. The molecule has 1 aromatic rings. The van der Waals surface area contributed by atoms with Crippen LogP contribution in [-0.4, -0.2) is 22.9 Å². The van der Waals surface area contributed by atoms with Crippen LogP contribution >= 0.6 is 11.6 Å². The van der Waals surface area contributed by atoms with Crippen molar-refractivity contribution < 1.29 is 9.72 Å². The summed E-state index contributed by atoms with van der Waals surface area (Å²) in [6, 6.07) is 4.14. The Morgan fingerprint density at radius 1 is 1.52 bits per heavy atom. The van der Waals surface area contributed by atoms with Gasteiger partial charge in [0.15, 0.2) is 0 Å². The largest absolute Gasteiger partial charge is 0.345 e. The van der Waals surface area contributed by atoms with E-state index in [-0.39, 0.29) is 22.8 Å². The lowest BCUT2D eigenvalue weighted by Crippen LogP contribution is -2.52. The van der Waals surface area contributed by atoms with Gasteiger partial charge in [-0.1, -0.05) is 31.5 Å². The summed E-state index contributed by atoms with van der Waals surface area (Å²) in [6.45, 7) is 6.07. The Kier molecular flexibility index (Phi) is 5.69. The van der Waals surface area contributed by atoms with Crippen LogP contribution in [0.4, 0.5) is 5.69 Å². The smallest absolute Gasteiger partial charge is 0.283 e. The molecule has 0 aliphatic rings. The molecule has 0 spiro atoms. The zero-order chi connectivity index (χ0) is 16.2. The van der Waals surface area contributed by atoms with Gasteiger partial charge < -0.3 is 11.1 Å². The average molecular weight is 314 g/mol. The fourth-order valence-electron chi connectivity index (χ4n) is 2.31. The van der Waals surface area contributed by atoms with E-state index in [1.165, 1.54) is 18.2 Å². The van der Waals surface area contributed by atoms with Crippen molar-refractivity contribution in [1.29, 1.82) is 0 Å². The lowest BCUT2D eigenvalue weighted by molar-refractivity contribution is -0.385. The molecule has 1 atom stereocenters. The molecule has 21 heavy (non-hydrogen) atoms. The molecule has 1 amide bonds. The van der Waals surface area contributed by atoms with Gasteiger partial charge in [0.2, 0.25) is 0 Å². The Morgan fingerprint density at radius 2 is 2.14 bits per heavy atom. The van der Waals surface area contributed by atoms with Crippen molar-refractivity contribution in [1.82, 2.24) is 5.32 Å². The summed E-state index contributed by atoms with van der Waals surface area (Å²) in [5.74, 6) is -0.263. The van der Waals surface area contributed by atoms with Crippen LogP contribution in [0.1, 0.15) is 37.6 Å². The van der Waals surface area contributed by atoms with E-state index in [1.54, 1.807) is 0 Å². The molecule has 0 bridgehead atoms. The Balaban J connectivity index is 3.12. The second kappa shape index (κ2) is 6.87. The number of halogens is 1. The Morgan fingerprint density at radius 3 is 2.62 bits per heavy atom. The van der Waals surface area contributed by atoms with Gasteiger partial charge in [0.1, 0.15) is 5.56 Å². The summed E-state index contributed by atoms with van der Waals surface area (Å²) < 4.78 is 0. The fraction of sp³-hybridized carbons (Fsp3) is 0.500. The van der Waals surface area contributed by atoms with Gasteiger partial charge in [-0.2, -0.15) is 0 Å². The standard InChI is InChI=1S/C14H20ClN3O3/c1-9(2)7-14(3,8-16)17-13(19)12-10(15)5-4-6-11(12)18(20)21/h4-6,9H,7-8,16H2,1-3H3,(H,17,19). The normalized spacial score (nSPS) is 13.8. The molecule has 116 valence electrons. The maximum atomic E-state index is 12.4. The van der Waals surface area contributed by atoms with Gasteiger partial charge in [-0.05, 0) is 25.3 Å². The van der Waals surface area contributed by atoms with Crippen LogP contribution in [0, 0.1) is 16.0 Å². The minimum absolute atomic E-state index is 0.0469. The van der Waals surface area contributed by atoms with Gasteiger partial charge in [0.25, 0.3) is 11.6 Å². The number of nitrogens with one attached hydrogen (secondary N) is 1. The number of amides is 1. The van der Waals surface area contributed by atoms with Crippen molar-refractivity contribution in [2.24, 2.45) is 11.7 Å². The second-order valence-electron chi connectivity index (χ2n) is 5.71. The van der Waals surface area contributed by atoms with Crippen LogP contribution in [0.25, 0.3) is 0 Å². The SMILES string of the molecule is CC(C)CC(C)(CN)NC(=O)c1c(Cl)cccc1[N+](=O)[O-]. The van der Waals surface area contributed by atoms with E-state index in [4.69, 9.17) is 17.3 Å². The van der Waals surface area contributed by atoms with E-state index in [2.05, 4.69) is 5.32 Å². The molecular weight excluding hydrogens is 294 g/mol. The molecule has 1 rings (SSSR count). The van der Waals surface area contributed by atoms with E-state index in [0.717, 1.165) is 0 Å². The Bertz CT molecular complexity index is 548. The van der Waals surface area contributed by atoms with Crippen LogP contribution in [-0.2, 0) is 0 Å². The van der Waals surface area contributed by atoms with Crippen molar-refractivity contribution in [3.05, 3.63) is 38.9 Å². The molecule has 3 N–H and O–H groups in total. The number of nitrogens with zero attached hydrogens (tertiary/aromatic N) is 1. The topological polar surface area (TPSA) is 98.3 Å². The van der Waals surface area contributed by atoms with Gasteiger partial charge in [-0.25, -0.2) is 0 Å². The highest BCUT2D eigenvalue weighted by Crippen LogP contribution is 2.27. The van der Waals surface area contributed by atoms with Gasteiger partial charge in [0.05, 0.1) is 9.95 Å². The zero-order valence-corrected chi connectivity index (χ0v) is 13.1. The first kappa shape index (κ1) is 17.4. The van der Waals surface area contributed by atoms with Crippen LogP contribution in [0.3, 0.4) is 0 Å². The van der Waals surface area contributed by atoms with E-state index in [0.29, 0.717) is 12.3 Å². The minimum Gasteiger partial charge on any atom is -0.345 e. The molecule has 1 aromatic carbocycles. The van der Waals surface area contributed by atoms with E-state index in [9.17, 15) is 14.9 Å². The summed E-state index contributed by atoms with van der Waals surface area (Å²) in [5, 5.41) is 13.9. The van der Waals surface area contributed by atoms with Gasteiger partial charge in [0, 0.05) is 18.2 Å². The monoisotopic (exact) mass is 313 g/mol. The number of rotatable bonds is 6. The maximum Gasteiger partial charge on any atom is 0.283 e. The molecule has 1 unspecified atom stereocenters. The van der Waals surface area contributed by atoms with Gasteiger partial charge >= 0.3 is 0 Å². The lowest BCUT2D eigenvalue weighted by atomic mass is 9.90. The van der Waals surface area contributed by atoms with Crippen molar-refractivity contribution in [2.45, 2.75) is 32.7 Å². The highest BCUT2D eigenvalue weighted by atomic mass is 35.5. The molecule has 0 saturated heterocycles. The third-order valence-electron chi connectivity index (χ3n) is 3.14. The van der Waals surface area contributed by atoms with Crippen molar-refractivity contribution in [3.8, 4) is 0 Å². The number of nitro groups is 1. The summed E-state index contributed by atoms with van der Waals surface area (Å²) in [4.78, 5) is 22.8. The van der Waals surface area contributed by atoms with Crippen molar-refractivity contribution in [2.75, 3.05) is 6.54 Å². The number of hydrogen-bond acceptors (Lipinski definition) is 4. The first-order valence-electron chi connectivity index (χ1n) is 6.65. The van der Waals surface area contributed by atoms with E-state index in [1.807, 2.05) is 20.8 Å². The summed E-state index contributed by atoms with van der Waals surface area (Å²) in [5.41, 5.74) is 4.65. The fourth-order valence-corrected chi connectivity index (χ4v) is 2.57. The summed E-state index contributed by atoms with van der Waals surface area (Å²) in [6.07, 6.45) is 0.660. The molecular formula is C14H20ClN3O3. The average Bonchev–Trinajstić information content (AvgIpc) is 2.36. The van der Waals surface area contributed by atoms with E-state index >= 15 is 0 Å². The zero-order valence-electron chi connectivity index (χ0n) is 12.4. The minimum atomic E-state index is -0.641. The molecule has 0 heterocycles. The number of benzene rings is 1. The number of nitrogens with two attached hydrogens (primary N) is 1. The predicted molar refractivity (Wildman–Crippen MR) is 82.5 cm³/mol. The molecule has 0 aromatic heterocycles.